The maximum absolute atomic E-state index is 14.0. The highest BCUT2D eigenvalue weighted by molar-refractivity contribution is 5.78. The smallest absolute Gasteiger partial charge is 0.312 e. The number of carboxylic acid groups (broad SMARTS) is 1. The molecule has 284 valence electrons. The number of aliphatic carboxylic acids is 1. The number of rotatable bonds is 7. The van der Waals surface area contributed by atoms with Crippen LogP contribution in [0.3, 0.4) is 0 Å². The number of carboxylic acids is 1. The molecule has 5 fully saturated rings. The van der Waals surface area contributed by atoms with E-state index in [4.69, 9.17) is 0 Å². The van der Waals surface area contributed by atoms with Crippen LogP contribution in [0, 0.1) is 56.7 Å². The highest BCUT2D eigenvalue weighted by Gasteiger charge is 2.70. The molecule has 51 heavy (non-hydrogen) atoms. The van der Waals surface area contributed by atoms with Crippen LogP contribution in [0.2, 0.25) is 0 Å². The van der Waals surface area contributed by atoms with Crippen molar-refractivity contribution in [3.63, 3.8) is 0 Å². The zero-order chi connectivity index (χ0) is 36.6. The zero-order valence-corrected chi connectivity index (χ0v) is 33.0. The van der Waals surface area contributed by atoms with E-state index in [1.807, 2.05) is 0 Å². The number of hydrogen-bond donors (Lipinski definition) is 2. The fraction of sp³-hybridized carbons (Fsp3) is 0.822. The molecule has 1 aliphatic heterocycles. The fourth-order valence-corrected chi connectivity index (χ4v) is 14.8. The molecule has 0 radical (unpaired) electrons. The van der Waals surface area contributed by atoms with Crippen molar-refractivity contribution in [1.82, 2.24) is 10.2 Å². The van der Waals surface area contributed by atoms with Gasteiger partial charge in [-0.1, -0.05) is 71.8 Å². The van der Waals surface area contributed by atoms with Gasteiger partial charge in [-0.05, 0) is 159 Å². The van der Waals surface area contributed by atoms with Gasteiger partial charge in [0.15, 0.2) is 0 Å². The highest BCUT2D eigenvalue weighted by Crippen LogP contribution is 2.76. The summed E-state index contributed by atoms with van der Waals surface area (Å²) < 4.78 is 14.0. The Hall–Kier alpha value is -1.95. The molecule has 6 aliphatic carbocycles. The minimum Gasteiger partial charge on any atom is -0.481 e. The summed E-state index contributed by atoms with van der Waals surface area (Å²) in [6.07, 6.45) is 21.5. The first-order valence-corrected chi connectivity index (χ1v) is 21.0. The van der Waals surface area contributed by atoms with E-state index in [2.05, 4.69) is 70.5 Å². The van der Waals surface area contributed by atoms with E-state index in [0.717, 1.165) is 45.2 Å². The molecular weight excluding hydrogens is 636 g/mol. The highest BCUT2D eigenvalue weighted by atomic mass is 19.1. The predicted molar refractivity (Wildman–Crippen MR) is 204 cm³/mol. The normalized spacial score (nSPS) is 44.8. The first-order chi connectivity index (χ1) is 24.1. The standard InChI is InChI=1S/C45H69FN2O3/c1-30(2)32-16-23-45(47-28-37(49)48-26-10-8-9-11-27-48)25-24-42(6)34(38(32)45)12-13-36-41(5)19-17-33(40(3,4)35(41)18-20-43(36,42)7)31-14-21-44(29-46,22-15-31)39(50)51/h14,17,32,34-36,38,47H,1,8-13,15-16,18-29H2,2-7H3,(H,50,51)/t32-,34+,35-,36+,38+,41-,42+,43+,44-,45-/m0/s1. The number of allylic oxidation sites excluding steroid dienone is 5. The molecule has 4 saturated carbocycles. The van der Waals surface area contributed by atoms with Crippen LogP contribution in [0.5, 0.6) is 0 Å². The van der Waals surface area contributed by atoms with Crippen molar-refractivity contribution in [3.8, 4) is 0 Å². The molecule has 0 bridgehead atoms. The lowest BCUT2D eigenvalue weighted by atomic mass is 9.33. The fourth-order valence-electron chi connectivity index (χ4n) is 14.8. The van der Waals surface area contributed by atoms with Gasteiger partial charge >= 0.3 is 5.97 Å². The Balaban J connectivity index is 1.15. The second kappa shape index (κ2) is 13.1. The van der Waals surface area contributed by atoms with Gasteiger partial charge in [0.25, 0.3) is 0 Å². The number of alkyl halides is 1. The summed E-state index contributed by atoms with van der Waals surface area (Å²) in [6, 6.07) is 0. The Morgan fingerprint density at radius 1 is 0.882 bits per heavy atom. The minimum absolute atomic E-state index is 0.0150. The third kappa shape index (κ3) is 5.59. The van der Waals surface area contributed by atoms with Gasteiger partial charge in [-0.2, -0.15) is 0 Å². The van der Waals surface area contributed by atoms with E-state index >= 15 is 0 Å². The summed E-state index contributed by atoms with van der Waals surface area (Å²) >= 11 is 0. The number of carbonyl (C=O) groups excluding carboxylic acids is 1. The number of nitrogens with one attached hydrogen (secondary N) is 1. The number of likely N-dealkylation sites (tertiary alicyclic amines) is 1. The van der Waals surface area contributed by atoms with Crippen LogP contribution < -0.4 is 5.32 Å². The van der Waals surface area contributed by atoms with Crippen LogP contribution in [0.1, 0.15) is 144 Å². The molecule has 1 heterocycles. The molecule has 7 rings (SSSR count). The molecule has 10 atom stereocenters. The lowest BCUT2D eigenvalue weighted by Gasteiger charge is -2.72. The van der Waals surface area contributed by atoms with Crippen LogP contribution in [0.4, 0.5) is 4.39 Å². The molecule has 7 aliphatic rings. The van der Waals surface area contributed by atoms with Crippen molar-refractivity contribution in [3.05, 3.63) is 35.5 Å². The van der Waals surface area contributed by atoms with E-state index in [9.17, 15) is 19.1 Å². The third-order valence-electron chi connectivity index (χ3n) is 17.9. The van der Waals surface area contributed by atoms with Gasteiger partial charge in [-0.3, -0.25) is 9.59 Å². The van der Waals surface area contributed by atoms with Gasteiger partial charge < -0.3 is 15.3 Å². The molecule has 5 nitrogen and oxygen atoms in total. The summed E-state index contributed by atoms with van der Waals surface area (Å²) in [6.45, 7) is 21.3. The van der Waals surface area contributed by atoms with Crippen molar-refractivity contribution in [2.24, 2.45) is 56.7 Å². The average Bonchev–Trinajstić information content (AvgIpc) is 3.26. The van der Waals surface area contributed by atoms with Crippen molar-refractivity contribution >= 4 is 11.9 Å². The molecular formula is C45H69FN2O3. The van der Waals surface area contributed by atoms with E-state index in [1.54, 1.807) is 0 Å². The summed E-state index contributed by atoms with van der Waals surface area (Å²) in [4.78, 5) is 27.7. The van der Waals surface area contributed by atoms with Gasteiger partial charge in [-0.15, -0.1) is 0 Å². The molecule has 0 aromatic heterocycles. The van der Waals surface area contributed by atoms with Crippen LogP contribution in [0.25, 0.3) is 0 Å². The summed E-state index contributed by atoms with van der Waals surface area (Å²) in [7, 11) is 0. The van der Waals surface area contributed by atoms with Crippen molar-refractivity contribution in [2.45, 2.75) is 150 Å². The topological polar surface area (TPSA) is 69.6 Å². The second-order valence-corrected chi connectivity index (χ2v) is 20.2. The van der Waals surface area contributed by atoms with Crippen molar-refractivity contribution in [1.29, 1.82) is 0 Å². The predicted octanol–water partition coefficient (Wildman–Crippen LogP) is 10.1. The number of hydrogen-bond acceptors (Lipinski definition) is 3. The molecule has 1 saturated heterocycles. The number of fused-ring (bicyclic) bond motifs is 7. The Labute approximate surface area is 308 Å². The third-order valence-corrected chi connectivity index (χ3v) is 17.9. The van der Waals surface area contributed by atoms with Crippen molar-refractivity contribution < 1.29 is 19.1 Å². The Bertz CT molecular complexity index is 1470. The maximum atomic E-state index is 14.0. The summed E-state index contributed by atoms with van der Waals surface area (Å²) in [5.41, 5.74) is 3.45. The van der Waals surface area contributed by atoms with Gasteiger partial charge in [0, 0.05) is 18.6 Å². The molecule has 0 aromatic carbocycles. The maximum Gasteiger partial charge on any atom is 0.312 e. The second-order valence-electron chi connectivity index (χ2n) is 20.2. The SMILES string of the molecule is C=C(C)[C@@H]1CC[C@]2(NCC(=O)N3CCCCCC3)CC[C@]3(C)[C@H](CC[C@@H]4[C@@]5(C)CC=C(C6=CC[C@](CF)(C(=O)O)CC6)C(C)(C)[C@@H]5CC[C@]43C)[C@@H]12. The lowest BCUT2D eigenvalue weighted by molar-refractivity contribution is -0.221. The lowest BCUT2D eigenvalue weighted by Crippen LogP contribution is -2.68. The van der Waals surface area contributed by atoms with Crippen LogP contribution in [-0.4, -0.2) is 53.7 Å². The number of halogens is 1. The monoisotopic (exact) mass is 705 g/mol. The zero-order valence-electron chi connectivity index (χ0n) is 33.0. The number of carbonyl (C=O) groups is 2. The van der Waals surface area contributed by atoms with Crippen LogP contribution in [0.15, 0.2) is 35.5 Å². The summed E-state index contributed by atoms with van der Waals surface area (Å²) in [5.74, 6) is 2.18. The molecule has 1 amide bonds. The first kappa shape index (κ1) is 37.4. The Morgan fingerprint density at radius 3 is 2.24 bits per heavy atom. The van der Waals surface area contributed by atoms with Gasteiger partial charge in [0.2, 0.25) is 5.91 Å². The molecule has 0 spiro atoms. The van der Waals surface area contributed by atoms with Gasteiger partial charge in [-0.25, -0.2) is 4.39 Å². The largest absolute Gasteiger partial charge is 0.481 e. The Morgan fingerprint density at radius 2 is 1.61 bits per heavy atom. The van der Waals surface area contributed by atoms with E-state index < -0.39 is 18.1 Å². The first-order valence-electron chi connectivity index (χ1n) is 21.0. The van der Waals surface area contributed by atoms with Crippen LogP contribution in [-0.2, 0) is 9.59 Å². The quantitative estimate of drug-likeness (QED) is 0.259. The molecule has 0 unspecified atom stereocenters. The van der Waals surface area contributed by atoms with E-state index in [-0.39, 0.29) is 27.2 Å². The molecule has 6 heteroatoms. The minimum atomic E-state index is -1.25. The number of nitrogens with zero attached hydrogens (tertiary/aromatic N) is 1. The van der Waals surface area contributed by atoms with Crippen LogP contribution >= 0.6 is 0 Å². The number of amides is 1. The van der Waals surface area contributed by atoms with E-state index in [1.165, 1.54) is 68.1 Å². The summed E-state index contributed by atoms with van der Waals surface area (Å²) in [5, 5.41) is 13.9. The Kier molecular flexibility index (Phi) is 9.61. The van der Waals surface area contributed by atoms with E-state index in [0.29, 0.717) is 61.3 Å². The average molecular weight is 705 g/mol. The molecule has 0 aromatic rings. The van der Waals surface area contributed by atoms with Crippen molar-refractivity contribution in [2.75, 3.05) is 26.3 Å². The molecule has 2 N–H and O–H groups in total. The van der Waals surface area contributed by atoms with Gasteiger partial charge in [0.1, 0.15) is 6.67 Å². The van der Waals surface area contributed by atoms with Gasteiger partial charge in [0.05, 0.1) is 12.0 Å².